The zero-order chi connectivity index (χ0) is 23.6. The summed E-state index contributed by atoms with van der Waals surface area (Å²) in [6.45, 7) is 0.384. The standard InChI is InChI=1S/C25H26N2O5S2/c28-15(29)9-5-2-6-10-27-23(30)18-13-11-14(19(18)24(27)31)20-17(13)16(12-7-3-1-4-8-12)21-22(33-20)26-25(32)34-21/h1,3-4,7-8,13-14,16-20H,2,5-6,9-11H2,(H,26,32)(H,28,29)/t13-,14-,16+,17-,18+,19-,20+/m1/s1. The molecule has 1 aromatic heterocycles. The molecule has 4 aliphatic rings. The maximum Gasteiger partial charge on any atom is 0.305 e. The molecule has 34 heavy (non-hydrogen) atoms. The number of thiazole rings is 1. The van der Waals surface area contributed by atoms with Gasteiger partial charge in [0, 0.05) is 29.0 Å². The van der Waals surface area contributed by atoms with Gasteiger partial charge in [0.05, 0.1) is 16.9 Å². The van der Waals surface area contributed by atoms with Gasteiger partial charge in [-0.1, -0.05) is 48.1 Å². The van der Waals surface area contributed by atoms with Crippen molar-refractivity contribution in [1.82, 2.24) is 9.88 Å². The molecule has 2 aliphatic carbocycles. The number of carbonyl (C=O) groups is 3. The van der Waals surface area contributed by atoms with Crippen LogP contribution in [-0.2, 0) is 14.4 Å². The Bertz CT molecular complexity index is 1210. The van der Waals surface area contributed by atoms with Crippen molar-refractivity contribution in [3.05, 3.63) is 50.4 Å². The number of nitrogens with one attached hydrogen (secondary N) is 1. The summed E-state index contributed by atoms with van der Waals surface area (Å²) in [5.74, 6) is -0.847. The van der Waals surface area contributed by atoms with Crippen LogP contribution in [0.25, 0.3) is 0 Å². The number of aliphatic carboxylic acids is 1. The zero-order valence-electron chi connectivity index (χ0n) is 18.5. The molecule has 0 spiro atoms. The number of hydrogen-bond acceptors (Lipinski definition) is 6. The summed E-state index contributed by atoms with van der Waals surface area (Å²) < 4.78 is 0. The van der Waals surface area contributed by atoms with Gasteiger partial charge in [-0.3, -0.25) is 24.1 Å². The number of amides is 2. The third-order valence-electron chi connectivity index (χ3n) is 8.25. The van der Waals surface area contributed by atoms with Crippen LogP contribution in [0.2, 0.25) is 0 Å². The van der Waals surface area contributed by atoms with Crippen molar-refractivity contribution in [3.63, 3.8) is 0 Å². The number of aromatic amines is 1. The van der Waals surface area contributed by atoms with Gasteiger partial charge in [0.2, 0.25) is 11.8 Å². The Hall–Kier alpha value is -2.39. The highest BCUT2D eigenvalue weighted by Crippen LogP contribution is 2.68. The molecule has 2 bridgehead atoms. The lowest BCUT2D eigenvalue weighted by Gasteiger charge is -2.43. The average molecular weight is 499 g/mol. The normalized spacial score (nSPS) is 33.2. The predicted molar refractivity (Wildman–Crippen MR) is 128 cm³/mol. The van der Waals surface area contributed by atoms with E-state index in [0.717, 1.165) is 16.3 Å². The number of carboxylic acids is 1. The molecule has 2 aliphatic heterocycles. The maximum absolute atomic E-state index is 13.5. The minimum absolute atomic E-state index is 0.0379. The van der Waals surface area contributed by atoms with Gasteiger partial charge in [0.25, 0.3) is 0 Å². The summed E-state index contributed by atoms with van der Waals surface area (Å²) in [5, 5.41) is 9.95. The van der Waals surface area contributed by atoms with Gasteiger partial charge in [-0.15, -0.1) is 11.8 Å². The molecule has 6 rings (SSSR count). The first-order valence-corrected chi connectivity index (χ1v) is 13.7. The summed E-state index contributed by atoms with van der Waals surface area (Å²) in [6.07, 6.45) is 2.90. The van der Waals surface area contributed by atoms with Gasteiger partial charge in [-0.05, 0) is 42.6 Å². The molecule has 1 saturated heterocycles. The van der Waals surface area contributed by atoms with Crippen LogP contribution < -0.4 is 4.87 Å². The molecule has 9 heteroatoms. The van der Waals surface area contributed by atoms with Gasteiger partial charge < -0.3 is 10.1 Å². The number of benzene rings is 1. The summed E-state index contributed by atoms with van der Waals surface area (Å²) >= 11 is 2.99. The van der Waals surface area contributed by atoms with Gasteiger partial charge in [-0.2, -0.15) is 0 Å². The van der Waals surface area contributed by atoms with E-state index in [0.29, 0.717) is 25.8 Å². The summed E-state index contributed by atoms with van der Waals surface area (Å²) in [6, 6.07) is 10.3. The van der Waals surface area contributed by atoms with Crippen molar-refractivity contribution < 1.29 is 19.5 Å². The van der Waals surface area contributed by atoms with Crippen LogP contribution in [0.3, 0.4) is 0 Å². The summed E-state index contributed by atoms with van der Waals surface area (Å²) in [4.78, 5) is 55.4. The second kappa shape index (κ2) is 8.37. The van der Waals surface area contributed by atoms with Gasteiger partial charge in [0.15, 0.2) is 0 Å². The molecule has 2 aromatic rings. The Morgan fingerprint density at radius 1 is 1.03 bits per heavy atom. The maximum atomic E-state index is 13.5. The number of H-pyrrole nitrogens is 1. The summed E-state index contributed by atoms with van der Waals surface area (Å²) in [5.41, 5.74) is 1.17. The second-order valence-electron chi connectivity index (χ2n) is 9.90. The molecule has 1 aromatic carbocycles. The van der Waals surface area contributed by atoms with Gasteiger partial charge in [0.1, 0.15) is 0 Å². The molecule has 7 atom stereocenters. The third-order valence-corrected chi connectivity index (χ3v) is 10.8. The lowest BCUT2D eigenvalue weighted by molar-refractivity contribution is -0.141. The number of nitrogens with zero attached hydrogens (tertiary/aromatic N) is 1. The van der Waals surface area contributed by atoms with Crippen LogP contribution in [0.1, 0.15) is 48.5 Å². The molecular formula is C25H26N2O5S2. The van der Waals surface area contributed by atoms with Crippen molar-refractivity contribution in [1.29, 1.82) is 0 Å². The SMILES string of the molecule is O=C(O)CCCCCN1C(=O)[C@@H]2[C@H]3C[C@@H]([C@@H]2C1=O)[C@@H]1[C@H](c2ccccc2)c2sc(=O)[nH]c2S[C@@H]31. The minimum atomic E-state index is -0.817. The van der Waals surface area contributed by atoms with Gasteiger partial charge in [-0.25, -0.2) is 0 Å². The number of thioether (sulfide) groups is 1. The van der Waals surface area contributed by atoms with Crippen molar-refractivity contribution in [2.45, 2.75) is 48.3 Å². The van der Waals surface area contributed by atoms with Crippen molar-refractivity contribution in [2.24, 2.45) is 29.6 Å². The first kappa shape index (κ1) is 22.1. The first-order valence-electron chi connectivity index (χ1n) is 12.0. The fraction of sp³-hybridized carbons (Fsp3) is 0.520. The molecule has 7 nitrogen and oxygen atoms in total. The van der Waals surface area contributed by atoms with Crippen LogP contribution >= 0.6 is 23.1 Å². The zero-order valence-corrected chi connectivity index (χ0v) is 20.1. The average Bonchev–Trinajstić information content (AvgIpc) is 3.54. The number of hydrogen-bond donors (Lipinski definition) is 2. The molecule has 2 amide bonds. The Balaban J connectivity index is 1.28. The van der Waals surface area contributed by atoms with E-state index in [4.69, 9.17) is 5.11 Å². The van der Waals surface area contributed by atoms with Crippen LogP contribution in [0.15, 0.2) is 40.2 Å². The smallest absolute Gasteiger partial charge is 0.305 e. The molecule has 2 saturated carbocycles. The van der Waals surface area contributed by atoms with E-state index in [1.165, 1.54) is 21.8 Å². The number of aromatic nitrogens is 1. The molecule has 0 unspecified atom stereocenters. The van der Waals surface area contributed by atoms with Crippen LogP contribution in [0.5, 0.6) is 0 Å². The number of fused-ring (bicyclic) bond motifs is 9. The number of carbonyl (C=O) groups excluding carboxylic acids is 2. The third kappa shape index (κ3) is 3.31. The quantitative estimate of drug-likeness (QED) is 0.447. The number of likely N-dealkylation sites (tertiary alicyclic amines) is 1. The van der Waals surface area contributed by atoms with Crippen LogP contribution in [0.4, 0.5) is 0 Å². The van der Waals surface area contributed by atoms with Gasteiger partial charge >= 0.3 is 10.8 Å². The van der Waals surface area contributed by atoms with E-state index in [9.17, 15) is 19.2 Å². The topological polar surface area (TPSA) is 108 Å². The summed E-state index contributed by atoms with van der Waals surface area (Å²) in [7, 11) is 0. The highest BCUT2D eigenvalue weighted by Gasteiger charge is 2.69. The Morgan fingerprint density at radius 2 is 1.76 bits per heavy atom. The Kier molecular flexibility index (Phi) is 5.44. The number of carboxylic acid groups (broad SMARTS) is 1. The van der Waals surface area contributed by atoms with E-state index in [-0.39, 0.29) is 63.9 Å². The Labute approximate surface area is 204 Å². The lowest BCUT2D eigenvalue weighted by atomic mass is 9.68. The Morgan fingerprint density at radius 3 is 2.50 bits per heavy atom. The molecule has 2 N–H and O–H groups in total. The second-order valence-corrected chi connectivity index (χ2v) is 12.1. The van der Waals surface area contributed by atoms with Crippen LogP contribution in [-0.4, -0.2) is 44.6 Å². The molecule has 178 valence electrons. The number of rotatable bonds is 7. The molecule has 3 heterocycles. The monoisotopic (exact) mass is 498 g/mol. The van der Waals surface area contributed by atoms with E-state index >= 15 is 0 Å². The highest BCUT2D eigenvalue weighted by atomic mass is 32.2. The van der Waals surface area contributed by atoms with E-state index < -0.39 is 5.97 Å². The van der Waals surface area contributed by atoms with E-state index in [1.54, 1.807) is 11.8 Å². The number of imide groups is 1. The molecule has 0 radical (unpaired) electrons. The molecular weight excluding hydrogens is 472 g/mol. The minimum Gasteiger partial charge on any atom is -0.481 e. The fourth-order valence-electron chi connectivity index (χ4n) is 7.06. The van der Waals surface area contributed by atoms with E-state index in [2.05, 4.69) is 17.1 Å². The van der Waals surface area contributed by atoms with Crippen LogP contribution in [0, 0.1) is 29.6 Å². The predicted octanol–water partition coefficient (Wildman–Crippen LogP) is 3.55. The fourth-order valence-corrected chi connectivity index (χ4v) is 9.94. The highest BCUT2D eigenvalue weighted by molar-refractivity contribution is 8.00. The first-order chi connectivity index (χ1) is 16.5. The van der Waals surface area contributed by atoms with E-state index in [1.807, 2.05) is 18.2 Å². The lowest BCUT2D eigenvalue weighted by Crippen LogP contribution is -2.42. The van der Waals surface area contributed by atoms with Crippen molar-refractivity contribution in [2.75, 3.05) is 6.54 Å². The number of unbranched alkanes of at least 4 members (excludes halogenated alkanes) is 2. The largest absolute Gasteiger partial charge is 0.481 e. The molecule has 3 fully saturated rings. The van der Waals surface area contributed by atoms with Crippen molar-refractivity contribution in [3.8, 4) is 0 Å². The van der Waals surface area contributed by atoms with Crippen molar-refractivity contribution >= 4 is 40.9 Å².